The van der Waals surface area contributed by atoms with E-state index in [2.05, 4.69) is 36.8 Å². The first-order chi connectivity index (χ1) is 12.7. The SMILES string of the molecule is Cc1cc(N2CCCC2)nc(N2CCN(c3ncccc3C#N)CC2)n1. The minimum atomic E-state index is 0.629. The van der Waals surface area contributed by atoms with E-state index in [1.807, 2.05) is 13.0 Å². The quantitative estimate of drug-likeness (QED) is 0.839. The van der Waals surface area contributed by atoms with Gasteiger partial charge in [-0.15, -0.1) is 0 Å². The van der Waals surface area contributed by atoms with Crippen molar-refractivity contribution < 1.29 is 0 Å². The van der Waals surface area contributed by atoms with Crippen LogP contribution in [0.25, 0.3) is 0 Å². The molecule has 26 heavy (non-hydrogen) atoms. The first kappa shape index (κ1) is 16.6. The summed E-state index contributed by atoms with van der Waals surface area (Å²) in [6, 6.07) is 7.94. The summed E-state index contributed by atoms with van der Waals surface area (Å²) in [4.78, 5) is 20.6. The molecule has 0 atom stereocenters. The minimum Gasteiger partial charge on any atom is -0.356 e. The van der Waals surface area contributed by atoms with Gasteiger partial charge in [-0.1, -0.05) is 0 Å². The molecule has 7 heteroatoms. The first-order valence-corrected chi connectivity index (χ1v) is 9.20. The summed E-state index contributed by atoms with van der Waals surface area (Å²) in [5.74, 6) is 2.63. The number of hydrogen-bond acceptors (Lipinski definition) is 7. The van der Waals surface area contributed by atoms with Crippen LogP contribution in [-0.4, -0.2) is 54.2 Å². The summed E-state index contributed by atoms with van der Waals surface area (Å²) in [6.07, 6.45) is 4.22. The zero-order valence-electron chi connectivity index (χ0n) is 15.1. The molecule has 0 radical (unpaired) electrons. The van der Waals surface area contributed by atoms with Crippen LogP contribution in [0.1, 0.15) is 24.1 Å². The van der Waals surface area contributed by atoms with Crippen molar-refractivity contribution in [3.05, 3.63) is 35.7 Å². The van der Waals surface area contributed by atoms with Gasteiger partial charge in [0.05, 0.1) is 5.56 Å². The van der Waals surface area contributed by atoms with E-state index < -0.39 is 0 Å². The van der Waals surface area contributed by atoms with Crippen molar-refractivity contribution in [2.24, 2.45) is 0 Å². The fraction of sp³-hybridized carbons (Fsp3) is 0.474. The molecule has 2 saturated heterocycles. The number of anilines is 3. The standard InChI is InChI=1S/C19H23N7/c1-15-13-17(24-7-2-3-8-24)23-19(22-15)26-11-9-25(10-12-26)18-16(14-20)5-4-6-21-18/h4-6,13H,2-3,7-12H2,1H3. The summed E-state index contributed by atoms with van der Waals surface area (Å²) in [6.45, 7) is 7.47. The summed E-state index contributed by atoms with van der Waals surface area (Å²) in [7, 11) is 0. The topological polar surface area (TPSA) is 72.2 Å². The summed E-state index contributed by atoms with van der Waals surface area (Å²) < 4.78 is 0. The third-order valence-electron chi connectivity index (χ3n) is 5.03. The van der Waals surface area contributed by atoms with E-state index in [0.717, 1.165) is 62.5 Å². The van der Waals surface area contributed by atoms with Crippen LogP contribution in [0.15, 0.2) is 24.4 Å². The molecule has 0 saturated carbocycles. The Balaban J connectivity index is 1.49. The maximum absolute atomic E-state index is 9.29. The third kappa shape index (κ3) is 3.27. The lowest BCUT2D eigenvalue weighted by Crippen LogP contribution is -2.47. The molecule has 4 heterocycles. The van der Waals surface area contributed by atoms with Crippen molar-refractivity contribution in [2.45, 2.75) is 19.8 Å². The van der Waals surface area contributed by atoms with Gasteiger partial charge in [0.1, 0.15) is 17.7 Å². The maximum Gasteiger partial charge on any atom is 0.227 e. The summed E-state index contributed by atoms with van der Waals surface area (Å²) in [5, 5.41) is 9.29. The lowest BCUT2D eigenvalue weighted by atomic mass is 10.2. The van der Waals surface area contributed by atoms with Gasteiger partial charge in [0.2, 0.25) is 5.95 Å². The molecule has 0 spiro atoms. The van der Waals surface area contributed by atoms with Gasteiger partial charge in [-0.3, -0.25) is 0 Å². The molecule has 0 aromatic carbocycles. The highest BCUT2D eigenvalue weighted by Crippen LogP contribution is 2.23. The fourth-order valence-corrected chi connectivity index (χ4v) is 3.64. The number of pyridine rings is 1. The second-order valence-corrected chi connectivity index (χ2v) is 6.82. The Morgan fingerprint density at radius 1 is 0.962 bits per heavy atom. The Labute approximate surface area is 153 Å². The molecule has 4 rings (SSSR count). The number of rotatable bonds is 3. The van der Waals surface area contributed by atoms with Crippen LogP contribution in [0.4, 0.5) is 17.6 Å². The van der Waals surface area contributed by atoms with Crippen molar-refractivity contribution in [3.8, 4) is 6.07 Å². The van der Waals surface area contributed by atoms with Crippen molar-refractivity contribution in [2.75, 3.05) is 54.0 Å². The zero-order valence-corrected chi connectivity index (χ0v) is 15.1. The highest BCUT2D eigenvalue weighted by molar-refractivity contribution is 5.55. The highest BCUT2D eigenvalue weighted by atomic mass is 15.3. The van der Waals surface area contributed by atoms with Crippen molar-refractivity contribution in [1.82, 2.24) is 15.0 Å². The highest BCUT2D eigenvalue weighted by Gasteiger charge is 2.23. The van der Waals surface area contributed by atoms with Crippen molar-refractivity contribution >= 4 is 17.6 Å². The first-order valence-electron chi connectivity index (χ1n) is 9.20. The predicted octanol–water partition coefficient (Wildman–Crippen LogP) is 1.98. The monoisotopic (exact) mass is 349 g/mol. The molecule has 134 valence electrons. The minimum absolute atomic E-state index is 0.629. The molecule has 0 unspecified atom stereocenters. The Morgan fingerprint density at radius 2 is 1.69 bits per heavy atom. The number of hydrogen-bond donors (Lipinski definition) is 0. The molecule has 7 nitrogen and oxygen atoms in total. The zero-order chi connectivity index (χ0) is 17.9. The number of piperazine rings is 1. The molecule has 0 bridgehead atoms. The Morgan fingerprint density at radius 3 is 2.42 bits per heavy atom. The lowest BCUT2D eigenvalue weighted by Gasteiger charge is -2.36. The second-order valence-electron chi connectivity index (χ2n) is 6.82. The van der Waals surface area contributed by atoms with Gasteiger partial charge >= 0.3 is 0 Å². The Bertz CT molecular complexity index is 815. The molecule has 0 aliphatic carbocycles. The number of aromatic nitrogens is 3. The lowest BCUT2D eigenvalue weighted by molar-refractivity contribution is 0.633. The second kappa shape index (κ2) is 7.16. The number of nitriles is 1. The normalized spacial score (nSPS) is 17.5. The summed E-state index contributed by atoms with van der Waals surface area (Å²) >= 11 is 0. The van der Waals surface area contributed by atoms with Gasteiger partial charge < -0.3 is 14.7 Å². The Kier molecular flexibility index (Phi) is 4.57. The van der Waals surface area contributed by atoms with Gasteiger partial charge in [-0.2, -0.15) is 10.2 Å². The molecular formula is C19H23N7. The van der Waals surface area contributed by atoms with E-state index in [1.165, 1.54) is 12.8 Å². The molecular weight excluding hydrogens is 326 g/mol. The van der Waals surface area contributed by atoms with Crippen LogP contribution in [-0.2, 0) is 0 Å². The van der Waals surface area contributed by atoms with Gasteiger partial charge in [0, 0.05) is 57.2 Å². The molecule has 2 fully saturated rings. The van der Waals surface area contributed by atoms with Gasteiger partial charge in [0.15, 0.2) is 0 Å². The van der Waals surface area contributed by atoms with Gasteiger partial charge in [-0.05, 0) is 31.9 Å². The summed E-state index contributed by atoms with van der Waals surface area (Å²) in [5.41, 5.74) is 1.64. The van der Waals surface area contributed by atoms with Gasteiger partial charge in [-0.25, -0.2) is 9.97 Å². The van der Waals surface area contributed by atoms with E-state index in [0.29, 0.717) is 5.56 Å². The smallest absolute Gasteiger partial charge is 0.227 e. The average molecular weight is 349 g/mol. The Hall–Kier alpha value is -2.88. The van der Waals surface area contributed by atoms with E-state index in [9.17, 15) is 5.26 Å². The molecule has 2 aromatic rings. The van der Waals surface area contributed by atoms with E-state index in [4.69, 9.17) is 4.98 Å². The van der Waals surface area contributed by atoms with E-state index >= 15 is 0 Å². The molecule has 2 aromatic heterocycles. The third-order valence-corrected chi connectivity index (χ3v) is 5.03. The van der Waals surface area contributed by atoms with Crippen LogP contribution in [0.5, 0.6) is 0 Å². The largest absolute Gasteiger partial charge is 0.356 e. The van der Waals surface area contributed by atoms with Crippen molar-refractivity contribution in [1.29, 1.82) is 5.26 Å². The van der Waals surface area contributed by atoms with Crippen LogP contribution >= 0.6 is 0 Å². The fourth-order valence-electron chi connectivity index (χ4n) is 3.64. The number of aryl methyl sites for hydroxylation is 1. The molecule has 2 aliphatic rings. The van der Waals surface area contributed by atoms with Gasteiger partial charge in [0.25, 0.3) is 0 Å². The van der Waals surface area contributed by atoms with Crippen LogP contribution in [0.2, 0.25) is 0 Å². The maximum atomic E-state index is 9.29. The predicted molar refractivity (Wildman–Crippen MR) is 102 cm³/mol. The van der Waals surface area contributed by atoms with E-state index in [-0.39, 0.29) is 0 Å². The van der Waals surface area contributed by atoms with Crippen LogP contribution < -0.4 is 14.7 Å². The molecule has 0 N–H and O–H groups in total. The van der Waals surface area contributed by atoms with Crippen molar-refractivity contribution in [3.63, 3.8) is 0 Å². The average Bonchev–Trinajstić information content (AvgIpc) is 3.22. The molecule has 2 aliphatic heterocycles. The van der Waals surface area contributed by atoms with Crippen LogP contribution in [0, 0.1) is 18.3 Å². The number of nitrogens with zero attached hydrogens (tertiary/aromatic N) is 7. The van der Waals surface area contributed by atoms with E-state index in [1.54, 1.807) is 12.3 Å². The van der Waals surface area contributed by atoms with Crippen LogP contribution in [0.3, 0.4) is 0 Å². The molecule has 0 amide bonds.